The molecule has 1 aromatic heterocycles. The zero-order valence-corrected chi connectivity index (χ0v) is 11.2. The third-order valence-corrected chi connectivity index (χ3v) is 4.45. The first-order chi connectivity index (χ1) is 8.77. The molecule has 4 heteroatoms. The van der Waals surface area contributed by atoms with Crippen LogP contribution in [0.25, 0.3) is 0 Å². The standard InChI is InChI=1S/C14H23N3O/c1-17-12(5-9-16-17)10-15-11-13-4-8-14(18-13)6-2-3-7-14/h5,9,13,15H,2-4,6-8,10-11H2,1H3. The lowest BCUT2D eigenvalue weighted by Crippen LogP contribution is -2.31. The van der Waals surface area contributed by atoms with Gasteiger partial charge in [-0.05, 0) is 31.7 Å². The van der Waals surface area contributed by atoms with Crippen molar-refractivity contribution in [2.24, 2.45) is 7.05 Å². The van der Waals surface area contributed by atoms with Crippen LogP contribution in [0.15, 0.2) is 12.3 Å². The van der Waals surface area contributed by atoms with Gasteiger partial charge in [0.25, 0.3) is 0 Å². The molecule has 1 atom stereocenters. The molecule has 3 rings (SSSR count). The summed E-state index contributed by atoms with van der Waals surface area (Å²) in [5.74, 6) is 0. The van der Waals surface area contributed by atoms with Crippen LogP contribution in [0.2, 0.25) is 0 Å². The summed E-state index contributed by atoms with van der Waals surface area (Å²) in [6, 6.07) is 2.06. The van der Waals surface area contributed by atoms with Crippen molar-refractivity contribution in [2.45, 2.75) is 56.8 Å². The number of hydrogen-bond donors (Lipinski definition) is 1. The topological polar surface area (TPSA) is 39.1 Å². The van der Waals surface area contributed by atoms with Crippen molar-refractivity contribution in [2.75, 3.05) is 6.54 Å². The van der Waals surface area contributed by atoms with E-state index in [0.717, 1.165) is 13.1 Å². The van der Waals surface area contributed by atoms with E-state index in [1.165, 1.54) is 44.2 Å². The van der Waals surface area contributed by atoms with Crippen LogP contribution in [-0.4, -0.2) is 28.0 Å². The van der Waals surface area contributed by atoms with E-state index in [4.69, 9.17) is 4.74 Å². The number of rotatable bonds is 4. The quantitative estimate of drug-likeness (QED) is 0.887. The second-order valence-corrected chi connectivity index (χ2v) is 5.75. The van der Waals surface area contributed by atoms with Gasteiger partial charge in [-0.25, -0.2) is 0 Å². The molecule has 2 fully saturated rings. The van der Waals surface area contributed by atoms with Crippen molar-refractivity contribution in [3.05, 3.63) is 18.0 Å². The summed E-state index contributed by atoms with van der Waals surface area (Å²) >= 11 is 0. The second-order valence-electron chi connectivity index (χ2n) is 5.75. The van der Waals surface area contributed by atoms with Gasteiger partial charge in [-0.15, -0.1) is 0 Å². The Morgan fingerprint density at radius 3 is 3.00 bits per heavy atom. The molecule has 1 N–H and O–H groups in total. The molecule has 1 aliphatic carbocycles. The lowest BCUT2D eigenvalue weighted by Gasteiger charge is -2.23. The van der Waals surface area contributed by atoms with Gasteiger partial charge in [0.15, 0.2) is 0 Å². The van der Waals surface area contributed by atoms with E-state index in [1.807, 2.05) is 17.9 Å². The number of nitrogens with zero attached hydrogens (tertiary/aromatic N) is 2. The molecular weight excluding hydrogens is 226 g/mol. The maximum absolute atomic E-state index is 6.27. The van der Waals surface area contributed by atoms with Crippen molar-refractivity contribution >= 4 is 0 Å². The van der Waals surface area contributed by atoms with Gasteiger partial charge < -0.3 is 10.1 Å². The van der Waals surface area contributed by atoms with Gasteiger partial charge in [-0.3, -0.25) is 4.68 Å². The normalized spacial score (nSPS) is 26.2. The fraction of sp³-hybridized carbons (Fsp3) is 0.786. The Hall–Kier alpha value is -0.870. The van der Waals surface area contributed by atoms with Gasteiger partial charge in [0.1, 0.15) is 0 Å². The highest BCUT2D eigenvalue weighted by atomic mass is 16.5. The van der Waals surface area contributed by atoms with Crippen LogP contribution in [0.4, 0.5) is 0 Å². The SMILES string of the molecule is Cn1nccc1CNCC1CCC2(CCCC2)O1. The smallest absolute Gasteiger partial charge is 0.0708 e. The molecule has 1 saturated carbocycles. The Bertz CT molecular complexity index is 395. The first-order valence-electron chi connectivity index (χ1n) is 7.13. The number of aryl methyl sites for hydroxylation is 1. The number of hydrogen-bond acceptors (Lipinski definition) is 3. The predicted octanol–water partition coefficient (Wildman–Crippen LogP) is 2.00. The first kappa shape index (κ1) is 12.2. The Kier molecular flexibility index (Phi) is 3.39. The maximum Gasteiger partial charge on any atom is 0.0708 e. The number of aromatic nitrogens is 2. The van der Waals surface area contributed by atoms with Crippen LogP contribution in [0.3, 0.4) is 0 Å². The summed E-state index contributed by atoms with van der Waals surface area (Å²) in [5.41, 5.74) is 1.49. The van der Waals surface area contributed by atoms with Gasteiger partial charge in [-0.2, -0.15) is 5.10 Å². The van der Waals surface area contributed by atoms with Crippen molar-refractivity contribution < 1.29 is 4.74 Å². The van der Waals surface area contributed by atoms with Crippen molar-refractivity contribution in [3.63, 3.8) is 0 Å². The lowest BCUT2D eigenvalue weighted by atomic mass is 9.98. The Labute approximate surface area is 109 Å². The van der Waals surface area contributed by atoms with Gasteiger partial charge in [0.05, 0.1) is 17.4 Å². The highest BCUT2D eigenvalue weighted by molar-refractivity contribution is 4.99. The highest BCUT2D eigenvalue weighted by Gasteiger charge is 2.41. The van der Waals surface area contributed by atoms with E-state index in [9.17, 15) is 0 Å². The molecule has 0 bridgehead atoms. The van der Waals surface area contributed by atoms with E-state index in [0.29, 0.717) is 6.10 Å². The average molecular weight is 249 g/mol. The fourth-order valence-electron chi connectivity index (χ4n) is 3.36. The lowest BCUT2D eigenvalue weighted by molar-refractivity contribution is -0.0352. The minimum Gasteiger partial charge on any atom is -0.370 e. The number of nitrogens with one attached hydrogen (secondary N) is 1. The molecule has 1 aromatic rings. The molecule has 0 amide bonds. The Balaban J connectivity index is 1.43. The zero-order valence-electron chi connectivity index (χ0n) is 11.2. The van der Waals surface area contributed by atoms with Gasteiger partial charge in [0, 0.05) is 26.3 Å². The molecule has 1 unspecified atom stereocenters. The molecule has 18 heavy (non-hydrogen) atoms. The van der Waals surface area contributed by atoms with Crippen LogP contribution in [0, 0.1) is 0 Å². The van der Waals surface area contributed by atoms with E-state index in [1.54, 1.807) is 0 Å². The number of ether oxygens (including phenoxy) is 1. The van der Waals surface area contributed by atoms with Gasteiger partial charge >= 0.3 is 0 Å². The molecule has 4 nitrogen and oxygen atoms in total. The van der Waals surface area contributed by atoms with E-state index >= 15 is 0 Å². The summed E-state index contributed by atoms with van der Waals surface area (Å²) in [5, 5.41) is 7.66. The summed E-state index contributed by atoms with van der Waals surface area (Å²) in [7, 11) is 1.98. The van der Waals surface area contributed by atoms with Crippen molar-refractivity contribution in [1.82, 2.24) is 15.1 Å². The average Bonchev–Trinajstić information content (AvgIpc) is 3.06. The summed E-state index contributed by atoms with van der Waals surface area (Å²) < 4.78 is 8.19. The molecule has 2 heterocycles. The molecular formula is C14H23N3O. The fourth-order valence-corrected chi connectivity index (χ4v) is 3.36. The van der Waals surface area contributed by atoms with Gasteiger partial charge in [-0.1, -0.05) is 12.8 Å². The van der Waals surface area contributed by atoms with E-state index in [2.05, 4.69) is 16.5 Å². The van der Waals surface area contributed by atoms with E-state index in [-0.39, 0.29) is 5.60 Å². The van der Waals surface area contributed by atoms with Crippen molar-refractivity contribution in [3.8, 4) is 0 Å². The minimum atomic E-state index is 0.263. The van der Waals surface area contributed by atoms with E-state index < -0.39 is 0 Å². The zero-order chi connectivity index (χ0) is 12.4. The second kappa shape index (κ2) is 5.02. The summed E-state index contributed by atoms with van der Waals surface area (Å²) in [6.45, 7) is 1.84. The largest absolute Gasteiger partial charge is 0.370 e. The highest BCUT2D eigenvalue weighted by Crippen LogP contribution is 2.43. The predicted molar refractivity (Wildman–Crippen MR) is 70.2 cm³/mol. The molecule has 1 saturated heterocycles. The molecule has 1 spiro atoms. The monoisotopic (exact) mass is 249 g/mol. The third kappa shape index (κ3) is 2.45. The maximum atomic E-state index is 6.27. The first-order valence-corrected chi connectivity index (χ1v) is 7.13. The molecule has 100 valence electrons. The van der Waals surface area contributed by atoms with Crippen LogP contribution >= 0.6 is 0 Å². The van der Waals surface area contributed by atoms with Gasteiger partial charge in [0.2, 0.25) is 0 Å². The summed E-state index contributed by atoms with van der Waals surface area (Å²) in [6.07, 6.45) is 10.0. The Morgan fingerprint density at radius 2 is 2.28 bits per heavy atom. The third-order valence-electron chi connectivity index (χ3n) is 4.45. The molecule has 2 aliphatic rings. The molecule has 0 radical (unpaired) electrons. The Morgan fingerprint density at radius 1 is 1.44 bits per heavy atom. The van der Waals surface area contributed by atoms with Crippen LogP contribution in [0.1, 0.15) is 44.2 Å². The van der Waals surface area contributed by atoms with Crippen molar-refractivity contribution in [1.29, 1.82) is 0 Å². The van der Waals surface area contributed by atoms with Crippen LogP contribution in [-0.2, 0) is 18.3 Å². The molecule has 1 aliphatic heterocycles. The molecule has 0 aromatic carbocycles. The summed E-state index contributed by atoms with van der Waals surface area (Å²) in [4.78, 5) is 0. The van der Waals surface area contributed by atoms with Crippen LogP contribution in [0.5, 0.6) is 0 Å². The van der Waals surface area contributed by atoms with Crippen LogP contribution < -0.4 is 5.32 Å². The minimum absolute atomic E-state index is 0.263.